The average Bonchev–Trinajstić information content (AvgIpc) is 3.44. The van der Waals surface area contributed by atoms with E-state index in [0.29, 0.717) is 22.8 Å². The number of nitrogens with zero attached hydrogens (tertiary/aromatic N) is 2. The maximum atomic E-state index is 13.9. The van der Waals surface area contributed by atoms with Crippen molar-refractivity contribution in [3.63, 3.8) is 0 Å². The lowest BCUT2D eigenvalue weighted by Crippen LogP contribution is -2.37. The van der Waals surface area contributed by atoms with Crippen LogP contribution in [0.25, 0.3) is 11.1 Å². The summed E-state index contributed by atoms with van der Waals surface area (Å²) in [6.45, 7) is 4.04. The fourth-order valence-corrected chi connectivity index (χ4v) is 4.74. The summed E-state index contributed by atoms with van der Waals surface area (Å²) in [4.78, 5) is 31.0. The Labute approximate surface area is 203 Å². The number of allylic oxidation sites excluding steroid dienone is 1. The summed E-state index contributed by atoms with van der Waals surface area (Å²) >= 11 is 0. The number of esters is 1. The summed E-state index contributed by atoms with van der Waals surface area (Å²) in [5.74, 6) is -0.297. The summed E-state index contributed by atoms with van der Waals surface area (Å²) < 4.78 is 24.9. The van der Waals surface area contributed by atoms with Crippen molar-refractivity contribution < 1.29 is 28.6 Å². The molecule has 8 nitrogen and oxygen atoms in total. The molecule has 184 valence electrons. The molecule has 1 aromatic heterocycles. The zero-order valence-corrected chi connectivity index (χ0v) is 19.0. The van der Waals surface area contributed by atoms with Gasteiger partial charge in [0, 0.05) is 41.5 Å². The van der Waals surface area contributed by atoms with E-state index in [4.69, 9.17) is 9.47 Å². The monoisotopic (exact) mass is 481 g/mol. The molecular weight excluding hydrogens is 453 g/mol. The molecule has 0 unspecified atom stereocenters. The number of methoxy groups -OCH3 is 1. The molecular formula is C26H28FN3O5. The smallest absolute Gasteiger partial charge is 0.328 e. The highest BCUT2D eigenvalue weighted by molar-refractivity contribution is 6.32. The van der Waals surface area contributed by atoms with E-state index >= 15 is 0 Å². The van der Waals surface area contributed by atoms with E-state index in [1.54, 1.807) is 23.2 Å². The molecule has 0 spiro atoms. The van der Waals surface area contributed by atoms with Crippen LogP contribution >= 0.6 is 0 Å². The molecule has 4 heterocycles. The largest absolute Gasteiger partial charge is 0.482 e. The molecule has 0 saturated carbocycles. The number of aliphatic hydroxyl groups excluding tert-OH is 1. The van der Waals surface area contributed by atoms with Crippen molar-refractivity contribution in [2.45, 2.75) is 45.4 Å². The number of aromatic nitrogens is 1. The van der Waals surface area contributed by atoms with Crippen molar-refractivity contribution in [2.24, 2.45) is 0 Å². The molecule has 0 aliphatic carbocycles. The van der Waals surface area contributed by atoms with Crippen LogP contribution in [-0.4, -0.2) is 53.4 Å². The first kappa shape index (κ1) is 24.4. The lowest BCUT2D eigenvalue weighted by atomic mass is 9.93. The molecule has 1 saturated heterocycles. The lowest BCUT2D eigenvalue weighted by Gasteiger charge is -2.25. The molecule has 2 aromatic rings. The van der Waals surface area contributed by atoms with E-state index in [9.17, 15) is 19.1 Å². The highest BCUT2D eigenvalue weighted by atomic mass is 19.1. The van der Waals surface area contributed by atoms with Gasteiger partial charge in [-0.25, -0.2) is 14.2 Å². The van der Waals surface area contributed by atoms with Crippen LogP contribution in [0.5, 0.6) is 0 Å². The molecule has 2 atom stereocenters. The van der Waals surface area contributed by atoms with Gasteiger partial charge < -0.3 is 24.8 Å². The average molecular weight is 482 g/mol. The minimum atomic E-state index is -0.764. The van der Waals surface area contributed by atoms with Gasteiger partial charge in [0.15, 0.2) is 0 Å². The third kappa shape index (κ3) is 4.16. The minimum absolute atomic E-state index is 0. The first-order valence-electron chi connectivity index (χ1n) is 10.9. The zero-order valence-electron chi connectivity index (χ0n) is 19.0. The minimum Gasteiger partial charge on any atom is -0.482 e. The number of hydrogen-bond donors (Lipinski definition) is 2. The number of carbonyl (C=O) groups is 2. The summed E-state index contributed by atoms with van der Waals surface area (Å²) in [7, 11) is 1.32. The molecule has 9 heteroatoms. The second-order valence-electron chi connectivity index (χ2n) is 9.04. The number of benzene rings is 1. The van der Waals surface area contributed by atoms with Crippen LogP contribution in [0.3, 0.4) is 0 Å². The molecule has 0 radical (unpaired) electrons. The fourth-order valence-electron chi connectivity index (χ4n) is 4.74. The number of nitrogens with one attached hydrogen (secondary N) is 1. The fraction of sp³-hybridized carbons (Fsp3) is 0.346. The first-order valence-corrected chi connectivity index (χ1v) is 10.9. The molecule has 35 heavy (non-hydrogen) atoms. The number of halogens is 1. The normalized spacial score (nSPS) is 24.3. The Balaban J connectivity index is 0.00000289. The standard InChI is InChI=1S/C25H24FN3O5.CH4/c1-25(2)17(10-20(34-25)22-16-8-14(26)5-6-18(16)28-23(22)31)13-4-7-21(27-11-13)29-12-15(30)9-19(29)24(32)33-3;/h4-8,10-11,15,19,30H,9,12H2,1-3H3,(H,28,31);1H4/b22-20+;/t15-,19+;/m1./s1. The van der Waals surface area contributed by atoms with E-state index in [2.05, 4.69) is 10.3 Å². The Kier molecular flexibility index (Phi) is 6.14. The van der Waals surface area contributed by atoms with Gasteiger partial charge >= 0.3 is 5.97 Å². The van der Waals surface area contributed by atoms with Gasteiger partial charge in [0.2, 0.25) is 0 Å². The molecule has 1 aromatic carbocycles. The number of aliphatic hydroxyl groups is 1. The molecule has 3 aliphatic rings. The van der Waals surface area contributed by atoms with Crippen LogP contribution in [-0.2, 0) is 19.1 Å². The van der Waals surface area contributed by atoms with Crippen molar-refractivity contribution in [3.8, 4) is 0 Å². The third-order valence-corrected chi connectivity index (χ3v) is 6.37. The van der Waals surface area contributed by atoms with Crippen LogP contribution in [0, 0.1) is 5.82 Å². The van der Waals surface area contributed by atoms with Crippen molar-refractivity contribution in [3.05, 3.63) is 65.3 Å². The molecule has 5 rings (SSSR count). The van der Waals surface area contributed by atoms with Gasteiger partial charge in [-0.15, -0.1) is 0 Å². The van der Waals surface area contributed by atoms with E-state index < -0.39 is 29.5 Å². The predicted molar refractivity (Wildman–Crippen MR) is 130 cm³/mol. The molecule has 1 fully saturated rings. The molecule has 2 N–H and O–H groups in total. The Morgan fingerprint density at radius 1 is 1.31 bits per heavy atom. The van der Waals surface area contributed by atoms with Crippen LogP contribution in [0.4, 0.5) is 15.9 Å². The van der Waals surface area contributed by atoms with Gasteiger partial charge in [-0.2, -0.15) is 0 Å². The van der Waals surface area contributed by atoms with E-state index in [-0.39, 0.29) is 31.9 Å². The van der Waals surface area contributed by atoms with Gasteiger partial charge in [0.1, 0.15) is 29.0 Å². The quantitative estimate of drug-likeness (QED) is 0.511. The second kappa shape index (κ2) is 8.81. The number of pyridine rings is 1. The Hall–Kier alpha value is -3.72. The molecule has 3 aliphatic heterocycles. The van der Waals surface area contributed by atoms with Crippen molar-refractivity contribution in [1.29, 1.82) is 0 Å². The summed E-state index contributed by atoms with van der Waals surface area (Å²) in [5, 5.41) is 12.8. The van der Waals surface area contributed by atoms with Crippen molar-refractivity contribution >= 4 is 34.5 Å². The Morgan fingerprint density at radius 2 is 2.09 bits per heavy atom. The van der Waals surface area contributed by atoms with Gasteiger partial charge in [-0.05, 0) is 50.3 Å². The van der Waals surface area contributed by atoms with Crippen LogP contribution < -0.4 is 10.2 Å². The lowest BCUT2D eigenvalue weighted by molar-refractivity contribution is -0.142. The topological polar surface area (TPSA) is 101 Å². The number of fused-ring (bicyclic) bond motifs is 1. The number of β-amino-alcohol motifs (C(OH)–C–C–N with tert-alkyl or cyclic N) is 1. The Morgan fingerprint density at radius 3 is 2.77 bits per heavy atom. The number of ether oxygens (including phenoxy) is 2. The van der Waals surface area contributed by atoms with Gasteiger partial charge in [0.25, 0.3) is 5.91 Å². The number of anilines is 2. The second-order valence-corrected chi connectivity index (χ2v) is 9.04. The zero-order chi connectivity index (χ0) is 24.2. The first-order chi connectivity index (χ1) is 16.2. The predicted octanol–water partition coefficient (Wildman–Crippen LogP) is 3.53. The van der Waals surface area contributed by atoms with Crippen molar-refractivity contribution in [1.82, 2.24) is 4.98 Å². The van der Waals surface area contributed by atoms with Crippen LogP contribution in [0.1, 0.15) is 38.8 Å². The number of amides is 1. The molecule has 0 bridgehead atoms. The maximum Gasteiger partial charge on any atom is 0.328 e. The van der Waals surface area contributed by atoms with E-state index in [1.165, 1.54) is 25.3 Å². The van der Waals surface area contributed by atoms with Crippen LogP contribution in [0.2, 0.25) is 0 Å². The number of rotatable bonds is 3. The van der Waals surface area contributed by atoms with Gasteiger partial charge in [-0.3, -0.25) is 4.79 Å². The Bertz CT molecular complexity index is 1250. The van der Waals surface area contributed by atoms with Crippen molar-refractivity contribution in [2.75, 3.05) is 23.9 Å². The van der Waals surface area contributed by atoms with E-state index in [0.717, 1.165) is 11.1 Å². The summed E-state index contributed by atoms with van der Waals surface area (Å²) in [5.41, 5.74) is 2.10. The van der Waals surface area contributed by atoms with Crippen LogP contribution in [0.15, 0.2) is 48.4 Å². The number of hydrogen-bond acceptors (Lipinski definition) is 7. The van der Waals surface area contributed by atoms with Gasteiger partial charge in [-0.1, -0.05) is 7.43 Å². The maximum absolute atomic E-state index is 13.9. The van der Waals surface area contributed by atoms with Gasteiger partial charge in [0.05, 0.1) is 18.8 Å². The third-order valence-electron chi connectivity index (χ3n) is 6.37. The molecule has 1 amide bonds. The number of carbonyl (C=O) groups excluding carboxylic acids is 2. The summed E-state index contributed by atoms with van der Waals surface area (Å²) in [6.07, 6.45) is 3.09. The highest BCUT2D eigenvalue weighted by Gasteiger charge is 2.40. The highest BCUT2D eigenvalue weighted by Crippen LogP contribution is 2.44. The summed E-state index contributed by atoms with van der Waals surface area (Å²) in [6, 6.07) is 7.18. The van der Waals surface area contributed by atoms with E-state index in [1.807, 2.05) is 19.9 Å². The SMILES string of the molecule is C.COC(=O)[C@@H]1C[C@@H](O)CN1c1ccc(C2=C/C(=C3\C(=O)Nc4ccc(F)cc43)OC2(C)C)cn1.